The highest BCUT2D eigenvalue weighted by molar-refractivity contribution is 7.91. The Labute approximate surface area is 159 Å². The van der Waals surface area contributed by atoms with Crippen molar-refractivity contribution in [1.29, 1.82) is 0 Å². The molecule has 0 saturated heterocycles. The second kappa shape index (κ2) is 7.75. The summed E-state index contributed by atoms with van der Waals surface area (Å²) in [5, 5.41) is 6.40. The molecule has 0 saturated carbocycles. The van der Waals surface area contributed by atoms with E-state index in [4.69, 9.17) is 0 Å². The summed E-state index contributed by atoms with van der Waals surface area (Å²) in [6.45, 7) is 5.72. The number of sulfone groups is 1. The monoisotopic (exact) mass is 382 g/mol. The van der Waals surface area contributed by atoms with Crippen LogP contribution in [0.25, 0.3) is 0 Å². The zero-order valence-corrected chi connectivity index (χ0v) is 16.3. The van der Waals surface area contributed by atoms with E-state index in [2.05, 4.69) is 26.7 Å². The van der Waals surface area contributed by atoms with E-state index in [9.17, 15) is 8.42 Å². The second-order valence-electron chi connectivity index (χ2n) is 6.35. The number of hydrogen-bond donors (Lipinski definition) is 2. The summed E-state index contributed by atoms with van der Waals surface area (Å²) in [7, 11) is -3.26. The van der Waals surface area contributed by atoms with Crippen molar-refractivity contribution in [3.05, 3.63) is 66.0 Å². The predicted octanol–water partition coefficient (Wildman–Crippen LogP) is 4.37. The highest BCUT2D eigenvalue weighted by atomic mass is 32.2. The van der Waals surface area contributed by atoms with Crippen LogP contribution in [0.5, 0.6) is 0 Å². The van der Waals surface area contributed by atoms with Gasteiger partial charge in [-0.2, -0.15) is 0 Å². The van der Waals surface area contributed by atoms with Crippen LogP contribution in [0.1, 0.15) is 18.1 Å². The van der Waals surface area contributed by atoms with E-state index in [1.807, 2.05) is 26.0 Å². The Morgan fingerprint density at radius 2 is 1.48 bits per heavy atom. The maximum Gasteiger partial charge on any atom is 0.178 e. The topological polar surface area (TPSA) is 84.0 Å². The molecule has 0 bridgehead atoms. The third kappa shape index (κ3) is 4.83. The SMILES string of the molecule is CCS(=O)(=O)c1cccc(Nc2cc(Nc3cc(C)cc(C)c3)ncn2)c1. The lowest BCUT2D eigenvalue weighted by atomic mass is 10.1. The maximum atomic E-state index is 12.1. The van der Waals surface area contributed by atoms with Gasteiger partial charge in [-0.3, -0.25) is 0 Å². The average molecular weight is 382 g/mol. The van der Waals surface area contributed by atoms with Crippen LogP contribution >= 0.6 is 0 Å². The fraction of sp³-hybridized carbons (Fsp3) is 0.200. The van der Waals surface area contributed by atoms with Crippen LogP contribution in [0, 0.1) is 13.8 Å². The summed E-state index contributed by atoms with van der Waals surface area (Å²) in [6.07, 6.45) is 1.46. The molecule has 0 aliphatic carbocycles. The molecule has 0 amide bonds. The molecule has 1 heterocycles. The summed E-state index contributed by atoms with van der Waals surface area (Å²) in [5.41, 5.74) is 3.94. The molecule has 0 spiro atoms. The van der Waals surface area contributed by atoms with Gasteiger partial charge < -0.3 is 10.6 Å². The van der Waals surface area contributed by atoms with E-state index in [1.165, 1.54) is 17.5 Å². The summed E-state index contributed by atoms with van der Waals surface area (Å²) < 4.78 is 24.1. The van der Waals surface area contributed by atoms with Crippen molar-refractivity contribution in [2.24, 2.45) is 0 Å². The Kier molecular flexibility index (Phi) is 5.41. The second-order valence-corrected chi connectivity index (χ2v) is 8.62. The minimum absolute atomic E-state index is 0.0634. The zero-order chi connectivity index (χ0) is 19.4. The number of rotatable bonds is 6. The number of aryl methyl sites for hydroxylation is 2. The quantitative estimate of drug-likeness (QED) is 0.658. The lowest BCUT2D eigenvalue weighted by molar-refractivity contribution is 0.597. The van der Waals surface area contributed by atoms with Crippen molar-refractivity contribution < 1.29 is 8.42 Å². The van der Waals surface area contributed by atoms with Gasteiger partial charge >= 0.3 is 0 Å². The van der Waals surface area contributed by atoms with Gasteiger partial charge in [0.15, 0.2) is 9.84 Å². The van der Waals surface area contributed by atoms with Crippen LogP contribution in [0.3, 0.4) is 0 Å². The standard InChI is InChI=1S/C20H22N4O2S/c1-4-27(25,26)18-7-5-6-16(11-18)23-19-12-20(22-13-21-19)24-17-9-14(2)8-15(3)10-17/h5-13H,4H2,1-3H3,(H2,21,22,23,24). The Bertz CT molecular complexity index is 1040. The van der Waals surface area contributed by atoms with Crippen LogP contribution < -0.4 is 10.6 Å². The molecule has 0 aliphatic rings. The van der Waals surface area contributed by atoms with Gasteiger partial charge in [-0.15, -0.1) is 0 Å². The number of nitrogens with zero attached hydrogens (tertiary/aromatic N) is 2. The molecule has 0 unspecified atom stereocenters. The summed E-state index contributed by atoms with van der Waals surface area (Å²) in [5.74, 6) is 1.28. The summed E-state index contributed by atoms with van der Waals surface area (Å²) in [4.78, 5) is 8.75. The molecule has 0 atom stereocenters. The third-order valence-corrected chi connectivity index (χ3v) is 5.74. The van der Waals surface area contributed by atoms with Crippen molar-refractivity contribution in [2.75, 3.05) is 16.4 Å². The zero-order valence-electron chi connectivity index (χ0n) is 15.5. The predicted molar refractivity (Wildman–Crippen MR) is 109 cm³/mol. The number of hydrogen-bond acceptors (Lipinski definition) is 6. The van der Waals surface area contributed by atoms with Gasteiger partial charge in [0.1, 0.15) is 18.0 Å². The fourth-order valence-electron chi connectivity index (χ4n) is 2.77. The molecule has 27 heavy (non-hydrogen) atoms. The van der Waals surface area contributed by atoms with E-state index < -0.39 is 9.84 Å². The minimum atomic E-state index is -3.26. The lowest BCUT2D eigenvalue weighted by Crippen LogP contribution is -2.04. The van der Waals surface area contributed by atoms with Gasteiger partial charge in [0, 0.05) is 17.4 Å². The van der Waals surface area contributed by atoms with Gasteiger partial charge in [0.05, 0.1) is 10.6 Å². The molecule has 0 aliphatic heterocycles. The van der Waals surface area contributed by atoms with E-state index in [0.717, 1.165) is 5.69 Å². The first kappa shape index (κ1) is 18.8. The van der Waals surface area contributed by atoms with Gasteiger partial charge in [-0.05, 0) is 55.3 Å². The van der Waals surface area contributed by atoms with E-state index in [1.54, 1.807) is 37.3 Å². The van der Waals surface area contributed by atoms with Crippen molar-refractivity contribution in [2.45, 2.75) is 25.7 Å². The smallest absolute Gasteiger partial charge is 0.178 e. The maximum absolute atomic E-state index is 12.1. The third-order valence-electron chi connectivity index (χ3n) is 4.01. The first-order valence-corrected chi connectivity index (χ1v) is 10.3. The summed E-state index contributed by atoms with van der Waals surface area (Å²) in [6, 6.07) is 14.7. The van der Waals surface area contributed by atoms with Crippen LogP contribution in [0.2, 0.25) is 0 Å². The van der Waals surface area contributed by atoms with Gasteiger partial charge in [-0.1, -0.05) is 19.1 Å². The molecule has 6 nitrogen and oxygen atoms in total. The van der Waals surface area contributed by atoms with Crippen molar-refractivity contribution in [3.63, 3.8) is 0 Å². The molecule has 2 N–H and O–H groups in total. The molecule has 0 fully saturated rings. The lowest BCUT2D eigenvalue weighted by Gasteiger charge is -2.11. The first-order chi connectivity index (χ1) is 12.9. The molecular formula is C20H22N4O2S. The van der Waals surface area contributed by atoms with Gasteiger partial charge in [0.2, 0.25) is 0 Å². The Morgan fingerprint density at radius 1 is 0.852 bits per heavy atom. The Balaban J connectivity index is 1.81. The highest BCUT2D eigenvalue weighted by Crippen LogP contribution is 2.23. The van der Waals surface area contributed by atoms with E-state index in [-0.39, 0.29) is 10.6 Å². The number of nitrogens with one attached hydrogen (secondary N) is 2. The first-order valence-electron chi connectivity index (χ1n) is 8.63. The number of aromatic nitrogens is 2. The molecule has 0 radical (unpaired) electrons. The fourth-order valence-corrected chi connectivity index (χ4v) is 3.70. The van der Waals surface area contributed by atoms with Gasteiger partial charge in [-0.25, -0.2) is 18.4 Å². The van der Waals surface area contributed by atoms with Crippen LogP contribution in [-0.2, 0) is 9.84 Å². The molecular weight excluding hydrogens is 360 g/mol. The highest BCUT2D eigenvalue weighted by Gasteiger charge is 2.12. The number of benzene rings is 2. The molecule has 3 aromatic rings. The van der Waals surface area contributed by atoms with Crippen molar-refractivity contribution in [1.82, 2.24) is 9.97 Å². The minimum Gasteiger partial charge on any atom is -0.340 e. The molecule has 3 rings (SSSR count). The van der Waals surface area contributed by atoms with E-state index in [0.29, 0.717) is 17.3 Å². The van der Waals surface area contributed by atoms with Crippen LogP contribution in [0.4, 0.5) is 23.0 Å². The van der Waals surface area contributed by atoms with Crippen LogP contribution in [-0.4, -0.2) is 24.1 Å². The average Bonchev–Trinajstić information content (AvgIpc) is 2.61. The molecule has 140 valence electrons. The van der Waals surface area contributed by atoms with E-state index >= 15 is 0 Å². The molecule has 1 aromatic heterocycles. The largest absolute Gasteiger partial charge is 0.340 e. The number of anilines is 4. The Morgan fingerprint density at radius 3 is 2.11 bits per heavy atom. The van der Waals surface area contributed by atoms with Gasteiger partial charge in [0.25, 0.3) is 0 Å². The molecule has 7 heteroatoms. The Hall–Kier alpha value is -2.93. The normalized spacial score (nSPS) is 11.2. The van der Waals surface area contributed by atoms with Crippen LogP contribution in [0.15, 0.2) is 59.8 Å². The van der Waals surface area contributed by atoms with Crippen molar-refractivity contribution in [3.8, 4) is 0 Å². The van der Waals surface area contributed by atoms with Crippen molar-refractivity contribution >= 4 is 32.8 Å². The summed E-state index contributed by atoms with van der Waals surface area (Å²) >= 11 is 0. The molecule has 2 aromatic carbocycles.